The second-order valence-corrected chi connectivity index (χ2v) is 16.2. The van der Waals surface area contributed by atoms with Crippen molar-refractivity contribution in [2.45, 2.75) is 55.3 Å². The van der Waals surface area contributed by atoms with Gasteiger partial charge in [-0.3, -0.25) is 0 Å². The fraction of sp³-hybridized carbons (Fsp3) is 0.160. The minimum atomic E-state index is 0.300. The van der Waals surface area contributed by atoms with Gasteiger partial charge in [0.25, 0.3) is 0 Å². The summed E-state index contributed by atoms with van der Waals surface area (Å²) in [7, 11) is 0. The summed E-state index contributed by atoms with van der Waals surface area (Å²) in [4.78, 5) is 13.2. The van der Waals surface area contributed by atoms with Gasteiger partial charge in [0, 0.05) is 43.9 Å². The Hall–Kier alpha value is -5.71. The molecule has 0 radical (unpaired) electrons. The molecule has 6 aromatic rings. The summed E-state index contributed by atoms with van der Waals surface area (Å²) in [6.07, 6.45) is 25.2. The first-order valence-electron chi connectivity index (χ1n) is 19.4. The van der Waals surface area contributed by atoms with Crippen molar-refractivity contribution in [1.82, 2.24) is 14.5 Å². The molecule has 0 spiro atoms. The van der Waals surface area contributed by atoms with Crippen LogP contribution in [-0.2, 0) is 6.42 Å². The van der Waals surface area contributed by atoms with Crippen LogP contribution in [0, 0.1) is 0 Å². The molecule has 3 heterocycles. The molecule has 260 valence electrons. The first-order chi connectivity index (χ1) is 26.7. The maximum Gasteiger partial charge on any atom is 0.160 e. The van der Waals surface area contributed by atoms with Crippen LogP contribution in [0.2, 0.25) is 0 Å². The fourth-order valence-corrected chi connectivity index (χ4v) is 10.5. The zero-order chi connectivity index (χ0) is 35.6. The molecule has 3 nitrogen and oxygen atoms in total. The number of allylic oxidation sites excluding steroid dienone is 9. The van der Waals surface area contributed by atoms with Gasteiger partial charge in [-0.2, -0.15) is 0 Å². The first-order valence-corrected chi connectivity index (χ1v) is 20.2. The standard InChI is InChI=1S/C50H39N3S/c1-3-11-32(12-4-1)33-19-23-35(24-20-33)49-40-16-7-9-17-44(40)51-50(52-49)36-25-21-34(22-26-36)37-27-28-45-41(29-37)42-30-43-39-15-8-10-18-47(39)54-48(43)31-46(42)53(45)38-13-5-2-6-14-38/h1-3,5-11,13-19,21-23,25-26,28-29,31,37,43H,4,12,20,24,27,30H2. The Morgan fingerprint density at radius 2 is 1.52 bits per heavy atom. The summed E-state index contributed by atoms with van der Waals surface area (Å²) in [5.41, 5.74) is 14.2. The third-order valence-corrected chi connectivity index (χ3v) is 13.2. The number of nitrogens with zero attached hydrogens (tertiary/aromatic N) is 3. The smallest absolute Gasteiger partial charge is 0.160 e. The van der Waals surface area contributed by atoms with Crippen LogP contribution in [-0.4, -0.2) is 14.5 Å². The summed E-state index contributed by atoms with van der Waals surface area (Å²) >= 11 is 1.95. The van der Waals surface area contributed by atoms with Gasteiger partial charge in [-0.05, 0) is 107 Å². The normalized spacial score (nSPS) is 19.6. The van der Waals surface area contributed by atoms with Gasteiger partial charge in [-0.25, -0.2) is 9.97 Å². The van der Waals surface area contributed by atoms with Gasteiger partial charge < -0.3 is 4.57 Å². The van der Waals surface area contributed by atoms with Crippen LogP contribution >= 0.6 is 11.8 Å². The number of para-hydroxylation sites is 2. The number of hydrogen-bond acceptors (Lipinski definition) is 3. The Morgan fingerprint density at radius 1 is 0.722 bits per heavy atom. The van der Waals surface area contributed by atoms with E-state index in [-0.39, 0.29) is 0 Å². The molecule has 2 aromatic heterocycles. The van der Waals surface area contributed by atoms with E-state index in [1.165, 1.54) is 65.2 Å². The quantitative estimate of drug-likeness (QED) is 0.178. The van der Waals surface area contributed by atoms with Crippen molar-refractivity contribution in [3.63, 3.8) is 0 Å². The Bertz CT molecular complexity index is 2790. The van der Waals surface area contributed by atoms with E-state index in [1.807, 2.05) is 11.8 Å². The van der Waals surface area contributed by atoms with E-state index >= 15 is 0 Å². The average molecular weight is 714 g/mol. The summed E-state index contributed by atoms with van der Waals surface area (Å²) < 4.78 is 2.50. The van der Waals surface area contributed by atoms with E-state index in [0.717, 1.165) is 66.5 Å². The molecular weight excluding hydrogens is 675 g/mol. The molecule has 0 amide bonds. The fourth-order valence-electron chi connectivity index (χ4n) is 9.22. The van der Waals surface area contributed by atoms with Gasteiger partial charge in [-0.1, -0.05) is 133 Å². The van der Waals surface area contributed by atoms with Crippen LogP contribution in [0.4, 0.5) is 0 Å². The molecule has 54 heavy (non-hydrogen) atoms. The number of aromatic nitrogens is 3. The zero-order valence-corrected chi connectivity index (χ0v) is 30.9. The predicted octanol–water partition coefficient (Wildman–Crippen LogP) is 11.0. The molecule has 0 N–H and O–H groups in total. The maximum absolute atomic E-state index is 5.27. The minimum absolute atomic E-state index is 0.300. The molecule has 0 saturated carbocycles. The lowest BCUT2D eigenvalue weighted by molar-refractivity contribution is 0.804. The number of fused-ring (bicyclic) bond motifs is 7. The SMILES string of the molecule is C1=CCCC(C2=CC=C(c3nc(-c4ccc(C5C=c6c7c(n(-c8ccccc8)c6=CC5)C=C5Sc6ccccc6C5C7)cc4)nc4ccccc34)CC2)=C1. The van der Waals surface area contributed by atoms with Crippen molar-refractivity contribution in [3.05, 3.63) is 188 Å². The van der Waals surface area contributed by atoms with E-state index in [9.17, 15) is 0 Å². The van der Waals surface area contributed by atoms with Gasteiger partial charge in [0.1, 0.15) is 0 Å². The van der Waals surface area contributed by atoms with Gasteiger partial charge in [-0.15, -0.1) is 0 Å². The van der Waals surface area contributed by atoms with Crippen molar-refractivity contribution in [3.8, 4) is 17.1 Å². The van der Waals surface area contributed by atoms with Gasteiger partial charge >= 0.3 is 0 Å². The third-order valence-electron chi connectivity index (χ3n) is 12.0. The number of rotatable bonds is 5. The van der Waals surface area contributed by atoms with Crippen molar-refractivity contribution in [1.29, 1.82) is 0 Å². The first kappa shape index (κ1) is 31.8. The highest BCUT2D eigenvalue weighted by atomic mass is 32.2. The maximum atomic E-state index is 5.27. The lowest BCUT2D eigenvalue weighted by Gasteiger charge is -2.20. The Labute approximate surface area is 320 Å². The van der Waals surface area contributed by atoms with Crippen LogP contribution in [0.25, 0.3) is 51.8 Å². The molecule has 4 aromatic carbocycles. The average Bonchev–Trinajstić information content (AvgIpc) is 3.77. The summed E-state index contributed by atoms with van der Waals surface area (Å²) in [6.45, 7) is 0. The molecule has 0 saturated heterocycles. The number of hydrogen-bond donors (Lipinski definition) is 0. The number of benzene rings is 4. The third kappa shape index (κ3) is 5.34. The molecule has 0 fully saturated rings. The van der Waals surface area contributed by atoms with Crippen molar-refractivity contribution in [2.75, 3.05) is 0 Å². The second-order valence-electron chi connectivity index (χ2n) is 15.1. The van der Waals surface area contributed by atoms with Gasteiger partial charge in [0.2, 0.25) is 0 Å². The molecular formula is C50H39N3S. The van der Waals surface area contributed by atoms with Gasteiger partial charge in [0.15, 0.2) is 5.82 Å². The van der Waals surface area contributed by atoms with Gasteiger partial charge in [0.05, 0.1) is 16.9 Å². The van der Waals surface area contributed by atoms with E-state index in [0.29, 0.717) is 11.8 Å². The number of thioether (sulfide) groups is 1. The molecule has 11 rings (SSSR count). The largest absolute Gasteiger partial charge is 0.310 e. The topological polar surface area (TPSA) is 30.7 Å². The molecule has 0 bridgehead atoms. The molecule has 4 aliphatic carbocycles. The lowest BCUT2D eigenvalue weighted by Crippen LogP contribution is -2.33. The van der Waals surface area contributed by atoms with E-state index < -0.39 is 0 Å². The van der Waals surface area contributed by atoms with Crippen LogP contribution in [0.5, 0.6) is 0 Å². The van der Waals surface area contributed by atoms with E-state index in [2.05, 4.69) is 156 Å². The summed E-state index contributed by atoms with van der Waals surface area (Å²) in [5.74, 6) is 1.52. The highest BCUT2D eigenvalue weighted by Gasteiger charge is 2.34. The minimum Gasteiger partial charge on any atom is -0.310 e. The highest BCUT2D eigenvalue weighted by Crippen LogP contribution is 2.52. The molecule has 1 aliphatic heterocycles. The predicted molar refractivity (Wildman–Crippen MR) is 225 cm³/mol. The highest BCUT2D eigenvalue weighted by molar-refractivity contribution is 8.03. The van der Waals surface area contributed by atoms with Crippen LogP contribution in [0.1, 0.15) is 72.0 Å². The Morgan fingerprint density at radius 3 is 2.37 bits per heavy atom. The molecule has 2 atom stereocenters. The van der Waals surface area contributed by atoms with E-state index in [4.69, 9.17) is 9.97 Å². The molecule has 4 heteroatoms. The second kappa shape index (κ2) is 13.0. The van der Waals surface area contributed by atoms with Crippen molar-refractivity contribution in [2.24, 2.45) is 0 Å². The Balaban J connectivity index is 0.951. The zero-order valence-electron chi connectivity index (χ0n) is 30.1. The Kier molecular flexibility index (Phi) is 7.65. The van der Waals surface area contributed by atoms with Crippen LogP contribution in [0.3, 0.4) is 0 Å². The van der Waals surface area contributed by atoms with Crippen molar-refractivity contribution < 1.29 is 0 Å². The summed E-state index contributed by atoms with van der Waals surface area (Å²) in [5, 5.41) is 3.85. The van der Waals surface area contributed by atoms with E-state index in [1.54, 1.807) is 0 Å². The van der Waals surface area contributed by atoms with Crippen LogP contribution < -0.4 is 10.6 Å². The molecule has 5 aliphatic rings. The monoisotopic (exact) mass is 713 g/mol. The lowest BCUT2D eigenvalue weighted by atomic mass is 9.85. The van der Waals surface area contributed by atoms with Crippen LogP contribution in [0.15, 0.2) is 154 Å². The summed E-state index contributed by atoms with van der Waals surface area (Å²) in [6, 6.07) is 37.4. The molecule has 2 unspecified atom stereocenters. The van der Waals surface area contributed by atoms with Crippen molar-refractivity contribution >= 4 is 46.5 Å².